The zero-order valence-corrected chi connectivity index (χ0v) is 12.9. The van der Waals surface area contributed by atoms with Crippen molar-refractivity contribution in [3.63, 3.8) is 0 Å². The smallest absolute Gasteiger partial charge is 0.125 e. The Hall–Kier alpha value is -1.19. The van der Waals surface area contributed by atoms with E-state index < -0.39 is 0 Å². The van der Waals surface area contributed by atoms with Crippen molar-refractivity contribution in [2.75, 3.05) is 7.11 Å². The van der Waals surface area contributed by atoms with Crippen LogP contribution >= 0.6 is 27.5 Å². The molecule has 0 fully saturated rings. The molecule has 0 aromatic heterocycles. The first-order chi connectivity index (χ1) is 9.24. The Kier molecular flexibility index (Phi) is 5.11. The molecule has 0 spiro atoms. The molecule has 2 aromatic rings. The zero-order chi connectivity index (χ0) is 13.7. The Labute approximate surface area is 126 Å². The molecule has 0 unspecified atom stereocenters. The van der Waals surface area contributed by atoms with Crippen molar-refractivity contribution in [2.45, 2.75) is 11.9 Å². The van der Waals surface area contributed by atoms with E-state index in [1.807, 2.05) is 42.5 Å². The van der Waals surface area contributed by atoms with Crippen LogP contribution in [0.1, 0.15) is 11.1 Å². The molecule has 0 aliphatic carbocycles. The van der Waals surface area contributed by atoms with Gasteiger partial charge in [-0.15, -0.1) is 0 Å². The van der Waals surface area contributed by atoms with Crippen LogP contribution in [0.4, 0.5) is 0 Å². The molecule has 4 heteroatoms. The van der Waals surface area contributed by atoms with E-state index in [4.69, 9.17) is 21.1 Å². The third-order valence-corrected chi connectivity index (χ3v) is 3.65. The van der Waals surface area contributed by atoms with Gasteiger partial charge in [0.2, 0.25) is 0 Å². The highest BCUT2D eigenvalue weighted by atomic mass is 79.9. The summed E-state index contributed by atoms with van der Waals surface area (Å²) in [7, 11) is 1.65. The van der Waals surface area contributed by atoms with E-state index in [0.29, 0.717) is 17.0 Å². The second-order valence-electron chi connectivity index (χ2n) is 3.99. The maximum Gasteiger partial charge on any atom is 0.125 e. The molecule has 0 aliphatic heterocycles. The fraction of sp³-hybridized carbons (Fsp3) is 0.200. The lowest BCUT2D eigenvalue weighted by Gasteiger charge is -2.11. The first-order valence-corrected chi connectivity index (χ1v) is 7.33. The van der Waals surface area contributed by atoms with Gasteiger partial charge < -0.3 is 9.47 Å². The fourth-order valence-electron chi connectivity index (χ4n) is 1.73. The molecule has 100 valence electrons. The minimum Gasteiger partial charge on any atom is -0.497 e. The van der Waals surface area contributed by atoms with Gasteiger partial charge in [-0.1, -0.05) is 45.7 Å². The summed E-state index contributed by atoms with van der Waals surface area (Å²) in [5.74, 6) is 1.63. The molecule has 0 N–H and O–H groups in total. The first-order valence-electron chi connectivity index (χ1n) is 5.83. The van der Waals surface area contributed by atoms with Crippen molar-refractivity contribution in [3.05, 3.63) is 58.6 Å². The van der Waals surface area contributed by atoms with Gasteiger partial charge in [0.1, 0.15) is 18.1 Å². The van der Waals surface area contributed by atoms with Crippen LogP contribution in [0, 0.1) is 0 Å². The van der Waals surface area contributed by atoms with Gasteiger partial charge in [-0.05, 0) is 29.8 Å². The molecular formula is C15H14BrClO2. The van der Waals surface area contributed by atoms with Crippen molar-refractivity contribution < 1.29 is 9.47 Å². The molecule has 2 nitrogen and oxygen atoms in total. The third kappa shape index (κ3) is 3.64. The van der Waals surface area contributed by atoms with Gasteiger partial charge in [0, 0.05) is 15.9 Å². The van der Waals surface area contributed by atoms with Crippen LogP contribution in [-0.2, 0) is 11.9 Å². The van der Waals surface area contributed by atoms with Gasteiger partial charge in [-0.2, -0.15) is 0 Å². The van der Waals surface area contributed by atoms with E-state index in [1.54, 1.807) is 7.11 Å². The van der Waals surface area contributed by atoms with Gasteiger partial charge >= 0.3 is 0 Å². The van der Waals surface area contributed by atoms with Crippen molar-refractivity contribution in [3.8, 4) is 11.5 Å². The highest BCUT2D eigenvalue weighted by molar-refractivity contribution is 9.08. The molecule has 0 radical (unpaired) electrons. The van der Waals surface area contributed by atoms with Crippen LogP contribution in [0.3, 0.4) is 0 Å². The number of rotatable bonds is 5. The number of alkyl halides is 1. The largest absolute Gasteiger partial charge is 0.497 e. The van der Waals surface area contributed by atoms with Crippen LogP contribution in [0.5, 0.6) is 11.5 Å². The molecule has 2 aromatic carbocycles. The molecule has 0 amide bonds. The summed E-state index contributed by atoms with van der Waals surface area (Å²) in [5.41, 5.74) is 2.02. The van der Waals surface area contributed by atoms with Gasteiger partial charge in [0.05, 0.1) is 7.11 Å². The van der Waals surface area contributed by atoms with Crippen molar-refractivity contribution in [1.29, 1.82) is 0 Å². The van der Waals surface area contributed by atoms with Crippen molar-refractivity contribution in [1.82, 2.24) is 0 Å². The fourth-order valence-corrected chi connectivity index (χ4v) is 2.70. The second-order valence-corrected chi connectivity index (χ2v) is 4.96. The number of ether oxygens (including phenoxy) is 2. The summed E-state index contributed by atoms with van der Waals surface area (Å²) < 4.78 is 11.0. The van der Waals surface area contributed by atoms with Crippen LogP contribution in [0.25, 0.3) is 0 Å². The minimum absolute atomic E-state index is 0.484. The van der Waals surface area contributed by atoms with E-state index in [2.05, 4.69) is 15.9 Å². The summed E-state index contributed by atoms with van der Waals surface area (Å²) in [6.45, 7) is 0.484. The standard InChI is InChI=1S/C15H14BrClO2/c1-18-12-5-2-4-11(8-12)10-19-15-7-3-6-14(17)13(15)9-16/h2-8H,9-10H2,1H3. The predicted octanol–water partition coefficient (Wildman–Crippen LogP) is 4.82. The molecule has 2 rings (SSSR count). The quantitative estimate of drug-likeness (QED) is 0.726. The lowest BCUT2D eigenvalue weighted by atomic mass is 10.2. The molecular weight excluding hydrogens is 328 g/mol. The van der Waals surface area contributed by atoms with E-state index in [0.717, 1.165) is 22.6 Å². The van der Waals surface area contributed by atoms with Crippen molar-refractivity contribution in [2.24, 2.45) is 0 Å². The zero-order valence-electron chi connectivity index (χ0n) is 10.5. The Bertz CT molecular complexity index is 558. The van der Waals surface area contributed by atoms with Gasteiger partial charge in [-0.3, -0.25) is 0 Å². The summed E-state index contributed by atoms with van der Waals surface area (Å²) >= 11 is 9.55. The van der Waals surface area contributed by atoms with E-state index in [9.17, 15) is 0 Å². The van der Waals surface area contributed by atoms with Gasteiger partial charge in [0.25, 0.3) is 0 Å². The number of hydrogen-bond acceptors (Lipinski definition) is 2. The monoisotopic (exact) mass is 340 g/mol. The van der Waals surface area contributed by atoms with Crippen LogP contribution < -0.4 is 9.47 Å². The highest BCUT2D eigenvalue weighted by Gasteiger charge is 2.07. The van der Waals surface area contributed by atoms with Gasteiger partial charge in [0.15, 0.2) is 0 Å². The Balaban J connectivity index is 2.12. The molecule has 0 atom stereocenters. The van der Waals surface area contributed by atoms with E-state index in [-0.39, 0.29) is 0 Å². The van der Waals surface area contributed by atoms with Gasteiger partial charge in [-0.25, -0.2) is 0 Å². The minimum atomic E-state index is 0.484. The highest BCUT2D eigenvalue weighted by Crippen LogP contribution is 2.29. The lowest BCUT2D eigenvalue weighted by Crippen LogP contribution is -1.98. The van der Waals surface area contributed by atoms with Crippen LogP contribution in [-0.4, -0.2) is 7.11 Å². The van der Waals surface area contributed by atoms with E-state index in [1.165, 1.54) is 0 Å². The maximum atomic E-state index is 6.13. The topological polar surface area (TPSA) is 18.5 Å². The van der Waals surface area contributed by atoms with Crippen LogP contribution in [0.2, 0.25) is 5.02 Å². The van der Waals surface area contributed by atoms with E-state index >= 15 is 0 Å². The molecule has 0 saturated heterocycles. The number of benzene rings is 2. The average Bonchev–Trinajstić information content (AvgIpc) is 2.45. The Morgan fingerprint density at radius 2 is 1.95 bits per heavy atom. The predicted molar refractivity (Wildman–Crippen MR) is 81.4 cm³/mol. The summed E-state index contributed by atoms with van der Waals surface area (Å²) in [5, 5.41) is 1.38. The first kappa shape index (κ1) is 14.2. The molecule has 19 heavy (non-hydrogen) atoms. The second kappa shape index (κ2) is 6.83. The lowest BCUT2D eigenvalue weighted by molar-refractivity contribution is 0.303. The normalized spacial score (nSPS) is 10.3. The van der Waals surface area contributed by atoms with Crippen LogP contribution in [0.15, 0.2) is 42.5 Å². The molecule has 0 heterocycles. The Morgan fingerprint density at radius 3 is 2.68 bits per heavy atom. The number of methoxy groups -OCH3 is 1. The van der Waals surface area contributed by atoms with Crippen molar-refractivity contribution >= 4 is 27.5 Å². The molecule has 0 saturated carbocycles. The summed E-state index contributed by atoms with van der Waals surface area (Å²) in [6, 6.07) is 13.5. The summed E-state index contributed by atoms with van der Waals surface area (Å²) in [6.07, 6.45) is 0. The average molecular weight is 342 g/mol. The third-order valence-electron chi connectivity index (χ3n) is 2.74. The molecule has 0 bridgehead atoms. The SMILES string of the molecule is COc1cccc(COc2cccc(Cl)c2CBr)c1. The Morgan fingerprint density at radius 1 is 1.16 bits per heavy atom. The molecule has 0 aliphatic rings. The summed E-state index contributed by atoms with van der Waals surface area (Å²) in [4.78, 5) is 0. The number of hydrogen-bond donors (Lipinski definition) is 0. The number of halogens is 2. The maximum absolute atomic E-state index is 6.13.